The van der Waals surface area contributed by atoms with Crippen molar-refractivity contribution in [2.24, 2.45) is 0 Å². The first-order valence-electron chi connectivity index (χ1n) is 12.4. The second-order valence-corrected chi connectivity index (χ2v) is 11.0. The summed E-state index contributed by atoms with van der Waals surface area (Å²) in [5, 5.41) is 5.54. The van der Waals surface area contributed by atoms with Crippen molar-refractivity contribution >= 4 is 33.2 Å². The summed E-state index contributed by atoms with van der Waals surface area (Å²) >= 11 is 0. The van der Waals surface area contributed by atoms with Gasteiger partial charge in [0, 0.05) is 37.6 Å². The van der Waals surface area contributed by atoms with Crippen LogP contribution >= 0.6 is 0 Å². The Kier molecular flexibility index (Phi) is 8.07. The molecule has 0 atom stereocenters. The van der Waals surface area contributed by atoms with E-state index in [0.29, 0.717) is 18.8 Å². The van der Waals surface area contributed by atoms with Crippen molar-refractivity contribution in [2.75, 3.05) is 42.9 Å². The number of anilines is 2. The van der Waals surface area contributed by atoms with Crippen molar-refractivity contribution < 1.29 is 18.0 Å². The molecule has 2 fully saturated rings. The summed E-state index contributed by atoms with van der Waals surface area (Å²) in [7, 11) is -3.68. The van der Waals surface area contributed by atoms with Gasteiger partial charge in [0.15, 0.2) is 0 Å². The van der Waals surface area contributed by atoms with Crippen molar-refractivity contribution in [3.8, 4) is 0 Å². The molecule has 188 valence electrons. The minimum atomic E-state index is -3.68. The van der Waals surface area contributed by atoms with Crippen LogP contribution in [-0.2, 0) is 21.2 Å². The number of hydrogen-bond donors (Lipinski definition) is 2. The molecule has 2 N–H and O–H groups in total. The molecule has 0 spiro atoms. The van der Waals surface area contributed by atoms with E-state index < -0.39 is 15.9 Å². The van der Waals surface area contributed by atoms with E-state index in [2.05, 4.69) is 15.5 Å². The van der Waals surface area contributed by atoms with Gasteiger partial charge in [-0.2, -0.15) is 4.31 Å². The normalized spacial score (nSPS) is 16.8. The third-order valence-electron chi connectivity index (χ3n) is 6.69. The topological polar surface area (TPSA) is 98.8 Å². The summed E-state index contributed by atoms with van der Waals surface area (Å²) in [6.45, 7) is 4.42. The van der Waals surface area contributed by atoms with Gasteiger partial charge in [0.25, 0.3) is 5.91 Å². The molecule has 2 aliphatic rings. The molecule has 8 nitrogen and oxygen atoms in total. The van der Waals surface area contributed by atoms with Gasteiger partial charge in [-0.05, 0) is 61.9 Å². The van der Waals surface area contributed by atoms with E-state index >= 15 is 0 Å². The zero-order chi connectivity index (χ0) is 24.8. The van der Waals surface area contributed by atoms with Crippen molar-refractivity contribution in [3.63, 3.8) is 0 Å². The molecule has 0 aromatic heterocycles. The minimum Gasteiger partial charge on any atom is -0.371 e. The quantitative estimate of drug-likeness (QED) is 0.581. The Bertz CT molecular complexity index is 1170. The van der Waals surface area contributed by atoms with Crippen molar-refractivity contribution in [1.29, 1.82) is 0 Å². The SMILES string of the molecule is CCc1ccccc1NC(=O)CNC(=O)c1cc(S(=O)(=O)N2CCCCC2)ccc1N1CCCC1. The molecule has 2 aliphatic heterocycles. The number of sulfonamides is 1. The smallest absolute Gasteiger partial charge is 0.253 e. The molecule has 0 unspecified atom stereocenters. The monoisotopic (exact) mass is 498 g/mol. The highest BCUT2D eigenvalue weighted by Gasteiger charge is 2.29. The second kappa shape index (κ2) is 11.2. The fourth-order valence-electron chi connectivity index (χ4n) is 4.75. The van der Waals surface area contributed by atoms with Crippen LogP contribution in [0.1, 0.15) is 54.9 Å². The maximum atomic E-state index is 13.2. The van der Waals surface area contributed by atoms with Gasteiger partial charge in [-0.3, -0.25) is 9.59 Å². The Hall–Kier alpha value is -2.91. The Morgan fingerprint density at radius 2 is 1.60 bits per heavy atom. The average molecular weight is 499 g/mol. The third kappa shape index (κ3) is 5.85. The number of nitrogens with one attached hydrogen (secondary N) is 2. The number of aryl methyl sites for hydroxylation is 1. The van der Waals surface area contributed by atoms with Crippen molar-refractivity contribution in [2.45, 2.75) is 50.3 Å². The van der Waals surface area contributed by atoms with Gasteiger partial charge in [-0.15, -0.1) is 0 Å². The molecular formula is C26H34N4O4S. The maximum Gasteiger partial charge on any atom is 0.253 e. The van der Waals surface area contributed by atoms with Crippen LogP contribution in [0.25, 0.3) is 0 Å². The lowest BCUT2D eigenvalue weighted by molar-refractivity contribution is -0.115. The van der Waals surface area contributed by atoms with Crippen LogP contribution in [0.3, 0.4) is 0 Å². The van der Waals surface area contributed by atoms with E-state index in [9.17, 15) is 18.0 Å². The number of amides is 2. The predicted octanol–water partition coefficient (Wildman–Crippen LogP) is 3.39. The van der Waals surface area contributed by atoms with Crippen LogP contribution in [0.5, 0.6) is 0 Å². The predicted molar refractivity (Wildman–Crippen MR) is 137 cm³/mol. The zero-order valence-corrected chi connectivity index (χ0v) is 21.1. The first-order valence-corrected chi connectivity index (χ1v) is 13.9. The Morgan fingerprint density at radius 3 is 2.31 bits per heavy atom. The molecule has 2 saturated heterocycles. The first kappa shape index (κ1) is 25.2. The summed E-state index contributed by atoms with van der Waals surface area (Å²) in [6, 6.07) is 12.4. The number of para-hydroxylation sites is 1. The molecule has 0 aliphatic carbocycles. The Morgan fingerprint density at radius 1 is 0.914 bits per heavy atom. The molecule has 2 heterocycles. The molecule has 2 amide bonds. The molecule has 35 heavy (non-hydrogen) atoms. The third-order valence-corrected chi connectivity index (χ3v) is 8.59. The van der Waals surface area contributed by atoms with Crippen LogP contribution in [0.4, 0.5) is 11.4 Å². The highest BCUT2D eigenvalue weighted by atomic mass is 32.2. The summed E-state index contributed by atoms with van der Waals surface area (Å²) in [5.74, 6) is -0.791. The summed E-state index contributed by atoms with van der Waals surface area (Å²) in [5.41, 5.74) is 2.72. The van der Waals surface area contributed by atoms with Crippen LogP contribution in [0.2, 0.25) is 0 Å². The number of carbonyl (C=O) groups is 2. The van der Waals surface area contributed by atoms with Gasteiger partial charge in [0.2, 0.25) is 15.9 Å². The van der Waals surface area contributed by atoms with E-state index in [-0.39, 0.29) is 22.9 Å². The molecule has 4 rings (SSSR count). The van der Waals surface area contributed by atoms with Crippen LogP contribution in [0.15, 0.2) is 47.4 Å². The molecule has 0 saturated carbocycles. The zero-order valence-electron chi connectivity index (χ0n) is 20.3. The fourth-order valence-corrected chi connectivity index (χ4v) is 6.29. The molecule has 2 aromatic carbocycles. The largest absolute Gasteiger partial charge is 0.371 e. The van der Waals surface area contributed by atoms with E-state index in [1.54, 1.807) is 12.1 Å². The van der Waals surface area contributed by atoms with Crippen LogP contribution < -0.4 is 15.5 Å². The number of carbonyl (C=O) groups excluding carboxylic acids is 2. The van der Waals surface area contributed by atoms with Gasteiger partial charge in [-0.1, -0.05) is 31.5 Å². The molecule has 2 aromatic rings. The summed E-state index contributed by atoms with van der Waals surface area (Å²) in [4.78, 5) is 28.0. The standard InChI is InChI=1S/C26H34N4O4S/c1-2-20-10-4-5-11-23(20)28-25(31)19-27-26(32)22-18-21(12-13-24(22)29-14-8-9-15-29)35(33,34)30-16-6-3-7-17-30/h4-5,10-13,18H,2-3,6-9,14-17,19H2,1H3,(H,27,32)(H,28,31). The van der Waals surface area contributed by atoms with E-state index in [0.717, 1.165) is 62.9 Å². The highest BCUT2D eigenvalue weighted by molar-refractivity contribution is 7.89. The maximum absolute atomic E-state index is 13.2. The van der Waals surface area contributed by atoms with Gasteiger partial charge in [-0.25, -0.2) is 8.42 Å². The summed E-state index contributed by atoms with van der Waals surface area (Å²) in [6.07, 6.45) is 5.53. The number of nitrogens with zero attached hydrogens (tertiary/aromatic N) is 2. The van der Waals surface area contributed by atoms with Crippen LogP contribution in [-0.4, -0.2) is 57.3 Å². The fraction of sp³-hybridized carbons (Fsp3) is 0.462. The number of piperidine rings is 1. The van der Waals surface area contributed by atoms with Crippen LogP contribution in [0, 0.1) is 0 Å². The lowest BCUT2D eigenvalue weighted by atomic mass is 10.1. The number of rotatable bonds is 8. The second-order valence-electron chi connectivity index (χ2n) is 9.08. The van der Waals surface area contributed by atoms with Crippen molar-refractivity contribution in [1.82, 2.24) is 9.62 Å². The lowest BCUT2D eigenvalue weighted by Gasteiger charge is -2.27. The molecule has 0 radical (unpaired) electrons. The highest BCUT2D eigenvalue weighted by Crippen LogP contribution is 2.29. The Labute approximate surface area is 207 Å². The van der Waals surface area contributed by atoms with Crippen molar-refractivity contribution in [3.05, 3.63) is 53.6 Å². The van der Waals surface area contributed by atoms with E-state index in [1.807, 2.05) is 31.2 Å². The van der Waals surface area contributed by atoms with Gasteiger partial charge < -0.3 is 15.5 Å². The minimum absolute atomic E-state index is 0.119. The number of hydrogen-bond acceptors (Lipinski definition) is 5. The van der Waals surface area contributed by atoms with Gasteiger partial charge in [0.05, 0.1) is 17.0 Å². The van der Waals surface area contributed by atoms with Gasteiger partial charge in [0.1, 0.15) is 0 Å². The van der Waals surface area contributed by atoms with E-state index in [1.165, 1.54) is 10.4 Å². The van der Waals surface area contributed by atoms with E-state index in [4.69, 9.17) is 0 Å². The average Bonchev–Trinajstić information content (AvgIpc) is 3.42. The summed E-state index contributed by atoms with van der Waals surface area (Å²) < 4.78 is 28.0. The number of benzene rings is 2. The first-order chi connectivity index (χ1) is 16.9. The molecule has 9 heteroatoms. The Balaban J connectivity index is 1.53. The molecular weight excluding hydrogens is 464 g/mol. The van der Waals surface area contributed by atoms with Gasteiger partial charge >= 0.3 is 0 Å². The molecule has 0 bridgehead atoms. The lowest BCUT2D eigenvalue weighted by Crippen LogP contribution is -2.36.